The molecule has 2 N–H and O–H groups in total. The molecule has 1 saturated carbocycles. The molecule has 7 nitrogen and oxygen atoms in total. The van der Waals surface area contributed by atoms with Crippen LogP contribution in [0.3, 0.4) is 0 Å². The molecule has 0 aliphatic heterocycles. The second kappa shape index (κ2) is 5.37. The third-order valence-electron chi connectivity index (χ3n) is 5.63. The predicted molar refractivity (Wildman–Crippen MR) is 91.2 cm³/mol. The van der Waals surface area contributed by atoms with E-state index in [1.165, 1.54) is 4.57 Å². The van der Waals surface area contributed by atoms with Crippen LogP contribution in [0, 0.1) is 5.41 Å². The molecule has 1 heterocycles. The van der Waals surface area contributed by atoms with E-state index >= 15 is 0 Å². The van der Waals surface area contributed by atoms with Gasteiger partial charge in [0.05, 0.1) is 11.1 Å². The molecular weight excluding hydrogens is 310 g/mol. The Hall–Kier alpha value is -2.28. The van der Waals surface area contributed by atoms with Gasteiger partial charge in [-0.1, -0.05) is 13.8 Å². The van der Waals surface area contributed by atoms with Crippen molar-refractivity contribution in [1.29, 1.82) is 0 Å². The first-order chi connectivity index (χ1) is 11.2. The first-order valence-corrected chi connectivity index (χ1v) is 7.90. The molecule has 2 aromatic rings. The number of anilines is 1. The highest BCUT2D eigenvalue weighted by Crippen LogP contribution is 2.51. The van der Waals surface area contributed by atoms with Crippen LogP contribution in [-0.4, -0.2) is 29.4 Å². The zero-order valence-electron chi connectivity index (χ0n) is 14.6. The molecule has 0 unspecified atom stereocenters. The van der Waals surface area contributed by atoms with Gasteiger partial charge in [0.2, 0.25) is 0 Å². The lowest BCUT2D eigenvalue weighted by Crippen LogP contribution is -2.68. The summed E-state index contributed by atoms with van der Waals surface area (Å²) in [6.07, 6.45) is 0.760. The van der Waals surface area contributed by atoms with Gasteiger partial charge in [-0.25, -0.2) is 9.59 Å². The van der Waals surface area contributed by atoms with E-state index in [0.29, 0.717) is 16.8 Å². The van der Waals surface area contributed by atoms with E-state index in [1.807, 2.05) is 0 Å². The largest absolute Gasteiger partial charge is 0.419 e. The number of benzene rings is 1. The van der Waals surface area contributed by atoms with Crippen molar-refractivity contribution >= 4 is 22.8 Å². The number of rotatable bonds is 3. The maximum Gasteiger partial charge on any atom is 0.419 e. The average Bonchev–Trinajstić information content (AvgIpc) is 2.80. The summed E-state index contributed by atoms with van der Waals surface area (Å²) in [6, 6.07) is 4.86. The zero-order chi connectivity index (χ0) is 17.7. The SMILES string of the molecule is CO[C@@]1(C)C[C@@H](NC(=O)Nc2ccc3c(c2)oc(=O)n3C)C1(C)C. The van der Waals surface area contributed by atoms with Crippen LogP contribution in [-0.2, 0) is 11.8 Å². The van der Waals surface area contributed by atoms with Crippen LogP contribution in [0.4, 0.5) is 10.5 Å². The van der Waals surface area contributed by atoms with Gasteiger partial charge >= 0.3 is 11.8 Å². The number of nitrogens with zero attached hydrogens (tertiary/aromatic N) is 1. The number of methoxy groups -OCH3 is 1. The van der Waals surface area contributed by atoms with E-state index < -0.39 is 5.76 Å². The monoisotopic (exact) mass is 333 g/mol. The maximum atomic E-state index is 12.3. The standard InChI is InChI=1S/C17H23N3O4/c1-16(2)13(9-17(16,3)23-5)19-14(21)18-10-6-7-11-12(8-10)24-15(22)20(11)4/h6-8,13H,9H2,1-5H3,(H2,18,19,21)/t13-,17+/m1/s1. The van der Waals surface area contributed by atoms with Gasteiger partial charge in [0, 0.05) is 37.4 Å². The summed E-state index contributed by atoms with van der Waals surface area (Å²) < 4.78 is 12.1. The molecule has 1 fully saturated rings. The summed E-state index contributed by atoms with van der Waals surface area (Å²) in [4.78, 5) is 23.8. The number of carbonyl (C=O) groups excluding carboxylic acids is 1. The fourth-order valence-electron chi connectivity index (χ4n) is 3.26. The van der Waals surface area contributed by atoms with Crippen LogP contribution in [0.2, 0.25) is 0 Å². The zero-order valence-corrected chi connectivity index (χ0v) is 14.6. The van der Waals surface area contributed by atoms with Crippen molar-refractivity contribution in [3.05, 3.63) is 28.7 Å². The second-order valence-corrected chi connectivity index (χ2v) is 7.12. The Balaban J connectivity index is 1.69. The molecule has 2 amide bonds. The predicted octanol–water partition coefficient (Wildman–Crippen LogP) is 2.46. The summed E-state index contributed by atoms with van der Waals surface area (Å²) in [5.74, 6) is -0.429. The van der Waals surface area contributed by atoms with Gasteiger partial charge < -0.3 is 19.8 Å². The Labute approximate surface area is 140 Å². The van der Waals surface area contributed by atoms with Crippen molar-refractivity contribution in [1.82, 2.24) is 9.88 Å². The minimum atomic E-state index is -0.429. The van der Waals surface area contributed by atoms with Gasteiger partial charge in [-0.05, 0) is 25.5 Å². The van der Waals surface area contributed by atoms with Crippen LogP contribution >= 0.6 is 0 Å². The third-order valence-corrected chi connectivity index (χ3v) is 5.63. The van der Waals surface area contributed by atoms with Gasteiger partial charge in [0.1, 0.15) is 0 Å². The molecular formula is C17H23N3O4. The Morgan fingerprint density at radius 3 is 2.71 bits per heavy atom. The third kappa shape index (κ3) is 2.39. The van der Waals surface area contributed by atoms with Gasteiger partial charge in [-0.3, -0.25) is 4.57 Å². The van der Waals surface area contributed by atoms with Crippen molar-refractivity contribution in [3.8, 4) is 0 Å². The molecule has 1 aliphatic carbocycles. The molecule has 1 aromatic heterocycles. The number of oxazole rings is 1. The molecule has 0 bridgehead atoms. The van der Waals surface area contributed by atoms with Crippen molar-refractivity contribution in [2.24, 2.45) is 12.5 Å². The van der Waals surface area contributed by atoms with Crippen molar-refractivity contribution in [3.63, 3.8) is 0 Å². The van der Waals surface area contributed by atoms with Crippen LogP contribution in [0.1, 0.15) is 27.2 Å². The lowest BCUT2D eigenvalue weighted by Gasteiger charge is -2.59. The molecule has 24 heavy (non-hydrogen) atoms. The molecule has 0 spiro atoms. The Bertz CT molecular complexity index is 851. The van der Waals surface area contributed by atoms with E-state index in [-0.39, 0.29) is 23.1 Å². The minimum Gasteiger partial charge on any atom is -0.408 e. The lowest BCUT2D eigenvalue weighted by atomic mass is 9.56. The van der Waals surface area contributed by atoms with Gasteiger partial charge in [-0.2, -0.15) is 0 Å². The summed E-state index contributed by atoms with van der Waals surface area (Å²) in [6.45, 7) is 6.21. The number of nitrogens with one attached hydrogen (secondary N) is 2. The summed E-state index contributed by atoms with van der Waals surface area (Å²) >= 11 is 0. The second-order valence-electron chi connectivity index (χ2n) is 7.12. The van der Waals surface area contributed by atoms with Gasteiger partial charge in [-0.15, -0.1) is 0 Å². The van der Waals surface area contributed by atoms with E-state index in [2.05, 4.69) is 31.4 Å². The maximum absolute atomic E-state index is 12.3. The van der Waals surface area contributed by atoms with E-state index in [9.17, 15) is 9.59 Å². The number of hydrogen-bond acceptors (Lipinski definition) is 4. The van der Waals surface area contributed by atoms with Crippen molar-refractivity contribution in [2.45, 2.75) is 38.8 Å². The van der Waals surface area contributed by atoms with E-state index in [4.69, 9.17) is 9.15 Å². The van der Waals surface area contributed by atoms with Gasteiger partial charge in [0.25, 0.3) is 0 Å². The number of amides is 2. The molecule has 1 aliphatic rings. The van der Waals surface area contributed by atoms with Crippen LogP contribution in [0.5, 0.6) is 0 Å². The van der Waals surface area contributed by atoms with E-state index in [1.54, 1.807) is 32.4 Å². The summed E-state index contributed by atoms with van der Waals surface area (Å²) in [7, 11) is 3.33. The molecule has 3 rings (SSSR count). The fraction of sp³-hybridized carbons (Fsp3) is 0.529. The first-order valence-electron chi connectivity index (χ1n) is 7.90. The molecule has 130 valence electrons. The molecule has 7 heteroatoms. The van der Waals surface area contributed by atoms with Crippen LogP contribution < -0.4 is 16.4 Å². The minimum absolute atomic E-state index is 0.0286. The summed E-state index contributed by atoms with van der Waals surface area (Å²) in [5.41, 5.74) is 1.30. The number of fused-ring (bicyclic) bond motifs is 1. The number of aryl methyl sites for hydroxylation is 1. The van der Waals surface area contributed by atoms with Crippen LogP contribution in [0.15, 0.2) is 27.4 Å². The molecule has 0 saturated heterocycles. The Kier molecular flexibility index (Phi) is 3.71. The number of urea groups is 1. The quantitative estimate of drug-likeness (QED) is 0.903. The Morgan fingerprint density at radius 2 is 2.08 bits per heavy atom. The van der Waals surface area contributed by atoms with Crippen molar-refractivity contribution < 1.29 is 13.9 Å². The normalized spacial score (nSPS) is 25.3. The summed E-state index contributed by atoms with van der Waals surface area (Å²) in [5, 5.41) is 5.76. The highest BCUT2D eigenvalue weighted by molar-refractivity contribution is 5.91. The van der Waals surface area contributed by atoms with Crippen molar-refractivity contribution in [2.75, 3.05) is 12.4 Å². The highest BCUT2D eigenvalue weighted by atomic mass is 16.5. The fourth-order valence-corrected chi connectivity index (χ4v) is 3.26. The smallest absolute Gasteiger partial charge is 0.408 e. The lowest BCUT2D eigenvalue weighted by molar-refractivity contribution is -0.177. The molecule has 0 radical (unpaired) electrons. The number of carbonyl (C=O) groups is 1. The highest BCUT2D eigenvalue weighted by Gasteiger charge is 2.58. The number of ether oxygens (including phenoxy) is 1. The van der Waals surface area contributed by atoms with Crippen LogP contribution in [0.25, 0.3) is 11.1 Å². The molecule has 1 aromatic carbocycles. The number of aromatic nitrogens is 1. The van der Waals surface area contributed by atoms with Gasteiger partial charge in [0.15, 0.2) is 5.58 Å². The Morgan fingerprint density at radius 1 is 1.38 bits per heavy atom. The van der Waals surface area contributed by atoms with E-state index in [0.717, 1.165) is 6.42 Å². The topological polar surface area (TPSA) is 85.5 Å². The molecule has 2 atom stereocenters. The average molecular weight is 333 g/mol. The number of hydrogen-bond donors (Lipinski definition) is 2. The first kappa shape index (κ1) is 16.6.